The molecule has 0 saturated heterocycles. The third-order valence-corrected chi connectivity index (χ3v) is 4.23. The Morgan fingerprint density at radius 1 is 1.41 bits per heavy atom. The fraction of sp³-hybridized carbons (Fsp3) is 0.571. The molecule has 1 aliphatic carbocycles. The molecule has 3 heteroatoms. The highest BCUT2D eigenvalue weighted by molar-refractivity contribution is 5.43. The highest BCUT2D eigenvalue weighted by Gasteiger charge is 2.48. The van der Waals surface area contributed by atoms with E-state index in [4.69, 9.17) is 10.5 Å². The molecule has 1 saturated carbocycles. The summed E-state index contributed by atoms with van der Waals surface area (Å²) in [5.41, 5.74) is 6.80. The number of rotatable bonds is 3. The monoisotopic (exact) mass is 233 g/mol. The molecular formula is C14H19NO2. The summed E-state index contributed by atoms with van der Waals surface area (Å²) in [6, 6.07) is 7.98. The van der Waals surface area contributed by atoms with Crippen molar-refractivity contribution in [2.75, 3.05) is 13.2 Å². The molecule has 0 amide bonds. The minimum Gasteiger partial charge on any atom is -0.493 e. The predicted octanol–water partition coefficient (Wildman–Crippen LogP) is 1.44. The number of aliphatic hydroxyl groups excluding tert-OH is 1. The lowest BCUT2D eigenvalue weighted by Gasteiger charge is -2.41. The first-order chi connectivity index (χ1) is 8.28. The number of nitrogens with two attached hydrogens (primary N) is 1. The van der Waals surface area contributed by atoms with Crippen LogP contribution in [0, 0.1) is 5.92 Å². The Bertz CT molecular complexity index is 416. The molecule has 1 aromatic rings. The minimum absolute atomic E-state index is 0.296. The summed E-state index contributed by atoms with van der Waals surface area (Å²) in [7, 11) is 0. The Morgan fingerprint density at radius 3 is 2.88 bits per heavy atom. The molecule has 92 valence electrons. The van der Waals surface area contributed by atoms with Crippen LogP contribution in [0.25, 0.3) is 0 Å². The van der Waals surface area contributed by atoms with Crippen LogP contribution in [-0.2, 0) is 5.41 Å². The van der Waals surface area contributed by atoms with Crippen molar-refractivity contribution in [3.05, 3.63) is 29.8 Å². The van der Waals surface area contributed by atoms with E-state index in [2.05, 4.69) is 0 Å². The first-order valence-electron chi connectivity index (χ1n) is 6.38. The molecule has 3 N–H and O–H groups in total. The third kappa shape index (κ3) is 1.65. The number of fused-ring (bicyclic) bond motifs is 1. The van der Waals surface area contributed by atoms with Crippen molar-refractivity contribution in [1.82, 2.24) is 0 Å². The van der Waals surface area contributed by atoms with Crippen molar-refractivity contribution in [1.29, 1.82) is 0 Å². The van der Waals surface area contributed by atoms with Crippen LogP contribution in [-0.4, -0.2) is 24.4 Å². The maximum atomic E-state index is 10.6. The Labute approximate surface area is 102 Å². The van der Waals surface area contributed by atoms with E-state index in [1.165, 1.54) is 0 Å². The molecule has 1 aromatic carbocycles. The predicted molar refractivity (Wildman–Crippen MR) is 66.0 cm³/mol. The second-order valence-electron chi connectivity index (χ2n) is 5.24. The molecule has 3 rings (SSSR count). The molecule has 2 unspecified atom stereocenters. The lowest BCUT2D eigenvalue weighted by atomic mass is 9.70. The first-order valence-corrected chi connectivity index (χ1v) is 6.38. The smallest absolute Gasteiger partial charge is 0.123 e. The Morgan fingerprint density at radius 2 is 2.18 bits per heavy atom. The molecule has 0 aromatic heterocycles. The quantitative estimate of drug-likeness (QED) is 0.830. The maximum absolute atomic E-state index is 10.6. The van der Waals surface area contributed by atoms with Gasteiger partial charge in [-0.1, -0.05) is 18.2 Å². The standard InChI is InChI=1S/C14H19NO2/c15-9-14(13(16)10-5-6-10)7-8-17-12-4-2-1-3-11(12)14/h1-4,10,13,16H,5-9,15H2. The van der Waals surface area contributed by atoms with E-state index in [0.29, 0.717) is 19.1 Å². The number of hydrogen-bond donors (Lipinski definition) is 2. The molecule has 0 radical (unpaired) electrons. The fourth-order valence-corrected chi connectivity index (χ4v) is 2.98. The van der Waals surface area contributed by atoms with Gasteiger partial charge in [-0.15, -0.1) is 0 Å². The molecule has 1 fully saturated rings. The van der Waals surface area contributed by atoms with Crippen LogP contribution in [0.3, 0.4) is 0 Å². The van der Waals surface area contributed by atoms with Crippen LogP contribution in [0.2, 0.25) is 0 Å². The second-order valence-corrected chi connectivity index (χ2v) is 5.24. The van der Waals surface area contributed by atoms with Gasteiger partial charge < -0.3 is 15.6 Å². The molecule has 1 aliphatic heterocycles. The fourth-order valence-electron chi connectivity index (χ4n) is 2.98. The number of ether oxygens (including phenoxy) is 1. The number of hydrogen-bond acceptors (Lipinski definition) is 3. The van der Waals surface area contributed by atoms with E-state index < -0.39 is 0 Å². The van der Waals surface area contributed by atoms with Crippen LogP contribution >= 0.6 is 0 Å². The summed E-state index contributed by atoms with van der Waals surface area (Å²) >= 11 is 0. The van der Waals surface area contributed by atoms with Crippen molar-refractivity contribution in [3.8, 4) is 5.75 Å². The van der Waals surface area contributed by atoms with Crippen LogP contribution in [0.4, 0.5) is 0 Å². The van der Waals surface area contributed by atoms with Gasteiger partial charge in [0, 0.05) is 17.5 Å². The number of aliphatic hydroxyl groups is 1. The van der Waals surface area contributed by atoms with Crippen LogP contribution in [0.15, 0.2) is 24.3 Å². The molecule has 2 atom stereocenters. The van der Waals surface area contributed by atoms with Crippen LogP contribution in [0.1, 0.15) is 24.8 Å². The molecule has 1 heterocycles. The zero-order valence-corrected chi connectivity index (χ0v) is 9.93. The van der Waals surface area contributed by atoms with Crippen molar-refractivity contribution in [2.45, 2.75) is 30.8 Å². The summed E-state index contributed by atoms with van der Waals surface area (Å²) in [5, 5.41) is 10.6. The normalized spacial score (nSPS) is 29.3. The zero-order valence-electron chi connectivity index (χ0n) is 9.93. The molecule has 0 spiro atoms. The van der Waals surface area contributed by atoms with Gasteiger partial charge in [-0.05, 0) is 31.2 Å². The average Bonchev–Trinajstić information content (AvgIpc) is 3.21. The van der Waals surface area contributed by atoms with Gasteiger partial charge in [0.25, 0.3) is 0 Å². The Kier molecular flexibility index (Phi) is 2.60. The van der Waals surface area contributed by atoms with Crippen LogP contribution in [0.5, 0.6) is 5.75 Å². The van der Waals surface area contributed by atoms with Crippen molar-refractivity contribution < 1.29 is 9.84 Å². The third-order valence-electron chi connectivity index (χ3n) is 4.23. The molecule has 3 nitrogen and oxygen atoms in total. The lowest BCUT2D eigenvalue weighted by Crippen LogP contribution is -2.50. The van der Waals surface area contributed by atoms with Gasteiger partial charge in [-0.3, -0.25) is 0 Å². The van der Waals surface area contributed by atoms with Gasteiger partial charge in [-0.25, -0.2) is 0 Å². The van der Waals surface area contributed by atoms with Crippen molar-refractivity contribution >= 4 is 0 Å². The van der Waals surface area contributed by atoms with Crippen LogP contribution < -0.4 is 10.5 Å². The summed E-state index contributed by atoms with van der Waals surface area (Å²) in [6.07, 6.45) is 2.76. The Balaban J connectivity index is 2.05. The summed E-state index contributed by atoms with van der Waals surface area (Å²) < 4.78 is 5.66. The lowest BCUT2D eigenvalue weighted by molar-refractivity contribution is 0.0381. The van der Waals surface area contributed by atoms with Gasteiger partial charge in [0.15, 0.2) is 0 Å². The molecule has 17 heavy (non-hydrogen) atoms. The molecular weight excluding hydrogens is 214 g/mol. The maximum Gasteiger partial charge on any atom is 0.123 e. The number of para-hydroxylation sites is 1. The van der Waals surface area contributed by atoms with E-state index >= 15 is 0 Å². The highest BCUT2D eigenvalue weighted by Crippen LogP contribution is 2.47. The Hall–Kier alpha value is -1.06. The second kappa shape index (κ2) is 4.00. The average molecular weight is 233 g/mol. The number of benzene rings is 1. The summed E-state index contributed by atoms with van der Waals surface area (Å²) in [5.74, 6) is 1.33. The van der Waals surface area contributed by atoms with Crippen molar-refractivity contribution in [2.24, 2.45) is 11.7 Å². The highest BCUT2D eigenvalue weighted by atomic mass is 16.5. The van der Waals surface area contributed by atoms with E-state index in [9.17, 15) is 5.11 Å². The van der Waals surface area contributed by atoms with Crippen molar-refractivity contribution in [3.63, 3.8) is 0 Å². The van der Waals surface area contributed by atoms with E-state index in [0.717, 1.165) is 30.6 Å². The van der Waals surface area contributed by atoms with Gasteiger partial charge in [0.1, 0.15) is 5.75 Å². The SMILES string of the molecule is NCC1(C(O)C2CC2)CCOc2ccccc21. The first kappa shape index (κ1) is 11.1. The molecule has 0 bridgehead atoms. The topological polar surface area (TPSA) is 55.5 Å². The van der Waals surface area contributed by atoms with Gasteiger partial charge in [0.05, 0.1) is 12.7 Å². The zero-order chi connectivity index (χ0) is 11.9. The summed E-state index contributed by atoms with van der Waals surface area (Å²) in [4.78, 5) is 0. The summed E-state index contributed by atoms with van der Waals surface area (Å²) in [6.45, 7) is 1.14. The van der Waals surface area contributed by atoms with E-state index in [1.54, 1.807) is 0 Å². The minimum atomic E-state index is -0.322. The van der Waals surface area contributed by atoms with Gasteiger partial charge in [-0.2, -0.15) is 0 Å². The van der Waals surface area contributed by atoms with E-state index in [-0.39, 0.29) is 11.5 Å². The van der Waals surface area contributed by atoms with Gasteiger partial charge in [0.2, 0.25) is 0 Å². The largest absolute Gasteiger partial charge is 0.493 e. The molecule has 2 aliphatic rings. The van der Waals surface area contributed by atoms with Gasteiger partial charge >= 0.3 is 0 Å². The van der Waals surface area contributed by atoms with E-state index in [1.807, 2.05) is 24.3 Å².